The molecule has 0 bridgehead atoms. The zero-order chi connectivity index (χ0) is 15.4. The Kier molecular flexibility index (Phi) is 6.06. The summed E-state index contributed by atoms with van der Waals surface area (Å²) in [5.74, 6) is -1.12. The molecule has 5 nitrogen and oxygen atoms in total. The van der Waals surface area contributed by atoms with Gasteiger partial charge in [-0.2, -0.15) is 11.8 Å². The van der Waals surface area contributed by atoms with E-state index < -0.39 is 16.0 Å². The minimum atomic E-state index is -3.64. The van der Waals surface area contributed by atoms with Crippen LogP contribution in [0.5, 0.6) is 0 Å². The summed E-state index contributed by atoms with van der Waals surface area (Å²) in [6.45, 7) is 4.40. The Bertz CT molecular complexity index is 553. The van der Waals surface area contributed by atoms with E-state index in [2.05, 4.69) is 4.72 Å². The first-order valence-corrected chi connectivity index (χ1v) is 9.75. The molecule has 2 N–H and O–H groups in total. The van der Waals surface area contributed by atoms with E-state index in [1.54, 1.807) is 11.8 Å². The molecule has 0 saturated carbocycles. The SMILES string of the molecule is CCC(CC)(CNS(=O)(=O)c1cc(C(=O)O)cs1)SC. The first-order chi connectivity index (χ1) is 9.30. The number of thiophene rings is 1. The summed E-state index contributed by atoms with van der Waals surface area (Å²) in [4.78, 5) is 10.8. The fourth-order valence-electron chi connectivity index (χ4n) is 1.73. The number of carboxylic acids is 1. The van der Waals surface area contributed by atoms with E-state index in [1.165, 1.54) is 11.4 Å². The number of rotatable bonds is 8. The molecule has 0 fully saturated rings. The van der Waals surface area contributed by atoms with Crippen LogP contribution in [0.3, 0.4) is 0 Å². The lowest BCUT2D eigenvalue weighted by molar-refractivity contribution is 0.0697. The van der Waals surface area contributed by atoms with Gasteiger partial charge >= 0.3 is 5.97 Å². The Labute approximate surface area is 127 Å². The van der Waals surface area contributed by atoms with Crippen LogP contribution < -0.4 is 4.72 Å². The minimum Gasteiger partial charge on any atom is -0.478 e. The van der Waals surface area contributed by atoms with Crippen molar-refractivity contribution in [3.8, 4) is 0 Å². The van der Waals surface area contributed by atoms with Gasteiger partial charge in [0.25, 0.3) is 0 Å². The number of carbonyl (C=O) groups is 1. The van der Waals surface area contributed by atoms with Gasteiger partial charge in [-0.25, -0.2) is 17.9 Å². The van der Waals surface area contributed by atoms with Crippen molar-refractivity contribution in [2.24, 2.45) is 0 Å². The lowest BCUT2D eigenvalue weighted by Gasteiger charge is -2.29. The van der Waals surface area contributed by atoms with E-state index in [-0.39, 0.29) is 14.5 Å². The van der Waals surface area contributed by atoms with Crippen molar-refractivity contribution in [2.45, 2.75) is 35.6 Å². The average Bonchev–Trinajstić information content (AvgIpc) is 2.91. The molecule has 0 aromatic carbocycles. The Morgan fingerprint density at radius 3 is 2.45 bits per heavy atom. The lowest BCUT2D eigenvalue weighted by atomic mass is 10.0. The van der Waals surface area contributed by atoms with Crippen molar-refractivity contribution in [1.82, 2.24) is 4.72 Å². The molecule has 0 atom stereocenters. The first-order valence-electron chi connectivity index (χ1n) is 6.17. The summed E-state index contributed by atoms with van der Waals surface area (Å²) >= 11 is 2.57. The summed E-state index contributed by atoms with van der Waals surface area (Å²) in [6, 6.07) is 1.19. The maximum atomic E-state index is 12.2. The van der Waals surface area contributed by atoms with Crippen LogP contribution in [0.4, 0.5) is 0 Å². The van der Waals surface area contributed by atoms with Crippen LogP contribution in [-0.4, -0.2) is 37.0 Å². The standard InChI is InChI=1S/C12H19NO4S3/c1-4-12(5-2,18-3)8-13-20(16,17)10-6-9(7-19-10)11(14)15/h6-7,13H,4-5,8H2,1-3H3,(H,14,15). The van der Waals surface area contributed by atoms with Crippen LogP contribution in [-0.2, 0) is 10.0 Å². The van der Waals surface area contributed by atoms with Gasteiger partial charge in [0, 0.05) is 16.7 Å². The third-order valence-electron chi connectivity index (χ3n) is 3.39. The summed E-state index contributed by atoms with van der Waals surface area (Å²) in [5, 5.41) is 10.2. The largest absolute Gasteiger partial charge is 0.478 e. The second-order valence-corrected chi connectivity index (χ2v) is 8.56. The summed E-state index contributed by atoms with van der Waals surface area (Å²) < 4.78 is 26.8. The van der Waals surface area contributed by atoms with Crippen molar-refractivity contribution in [3.05, 3.63) is 17.0 Å². The Morgan fingerprint density at radius 2 is 2.05 bits per heavy atom. The highest BCUT2D eigenvalue weighted by Gasteiger charge is 2.28. The number of thioether (sulfide) groups is 1. The number of nitrogens with one attached hydrogen (secondary N) is 1. The lowest BCUT2D eigenvalue weighted by Crippen LogP contribution is -2.39. The third kappa shape index (κ3) is 3.97. The predicted molar refractivity (Wildman–Crippen MR) is 83.3 cm³/mol. The fraction of sp³-hybridized carbons (Fsp3) is 0.583. The predicted octanol–water partition coefficient (Wildman–Crippen LogP) is 2.65. The second kappa shape index (κ2) is 6.93. The van der Waals surface area contributed by atoms with Gasteiger partial charge in [-0.3, -0.25) is 0 Å². The van der Waals surface area contributed by atoms with Crippen molar-refractivity contribution < 1.29 is 18.3 Å². The second-order valence-electron chi connectivity index (χ2n) is 4.38. The van der Waals surface area contributed by atoms with Gasteiger partial charge in [0.15, 0.2) is 0 Å². The quantitative estimate of drug-likeness (QED) is 0.762. The third-order valence-corrected chi connectivity index (χ3v) is 7.82. The highest BCUT2D eigenvalue weighted by atomic mass is 32.2. The van der Waals surface area contributed by atoms with Crippen LogP contribution in [0.2, 0.25) is 0 Å². The molecule has 1 heterocycles. The summed E-state index contributed by atoms with van der Waals surface area (Å²) in [7, 11) is -3.64. The van der Waals surface area contributed by atoms with Crippen molar-refractivity contribution in [2.75, 3.05) is 12.8 Å². The molecule has 0 aliphatic carbocycles. The van der Waals surface area contributed by atoms with E-state index in [9.17, 15) is 13.2 Å². The van der Waals surface area contributed by atoms with E-state index >= 15 is 0 Å². The van der Waals surface area contributed by atoms with Gasteiger partial charge in [0.2, 0.25) is 10.0 Å². The summed E-state index contributed by atoms with van der Waals surface area (Å²) in [6.07, 6.45) is 3.69. The Morgan fingerprint density at radius 1 is 1.45 bits per heavy atom. The molecule has 0 unspecified atom stereocenters. The van der Waals surface area contributed by atoms with E-state index in [4.69, 9.17) is 5.11 Å². The molecule has 0 radical (unpaired) electrons. The molecule has 0 aliphatic heterocycles. The van der Waals surface area contributed by atoms with Crippen molar-refractivity contribution in [1.29, 1.82) is 0 Å². The van der Waals surface area contributed by atoms with Crippen molar-refractivity contribution >= 4 is 39.1 Å². The molecule has 114 valence electrons. The van der Waals surface area contributed by atoms with Gasteiger partial charge in [0.1, 0.15) is 4.21 Å². The molecule has 1 rings (SSSR count). The number of sulfonamides is 1. The molecule has 0 aliphatic rings. The highest BCUT2D eigenvalue weighted by molar-refractivity contribution is 8.00. The highest BCUT2D eigenvalue weighted by Crippen LogP contribution is 2.30. The number of aromatic carboxylic acids is 1. The van der Waals surface area contributed by atoms with Gasteiger partial charge in [-0.1, -0.05) is 13.8 Å². The molecule has 1 aromatic rings. The van der Waals surface area contributed by atoms with Gasteiger partial charge < -0.3 is 5.11 Å². The van der Waals surface area contributed by atoms with Crippen LogP contribution in [0.1, 0.15) is 37.0 Å². The molecule has 8 heteroatoms. The average molecular weight is 337 g/mol. The summed E-state index contributed by atoms with van der Waals surface area (Å²) in [5.41, 5.74) is -0.00233. The van der Waals surface area contributed by atoms with Crippen LogP contribution in [0.25, 0.3) is 0 Å². The van der Waals surface area contributed by atoms with Gasteiger partial charge in [-0.15, -0.1) is 11.3 Å². The molecule has 0 saturated heterocycles. The normalized spacial score (nSPS) is 12.6. The van der Waals surface area contributed by atoms with Gasteiger partial charge in [-0.05, 0) is 25.2 Å². The number of hydrogen-bond donors (Lipinski definition) is 2. The molecule has 20 heavy (non-hydrogen) atoms. The van der Waals surface area contributed by atoms with Crippen LogP contribution in [0.15, 0.2) is 15.7 Å². The van der Waals surface area contributed by atoms with E-state index in [1.807, 2.05) is 20.1 Å². The first kappa shape index (κ1) is 17.5. The van der Waals surface area contributed by atoms with E-state index in [0.29, 0.717) is 6.54 Å². The topological polar surface area (TPSA) is 83.5 Å². The number of carboxylic acid groups (broad SMARTS) is 1. The zero-order valence-corrected chi connectivity index (χ0v) is 14.1. The molecule has 0 spiro atoms. The van der Waals surface area contributed by atoms with E-state index in [0.717, 1.165) is 24.2 Å². The Hall–Kier alpha value is -0.570. The van der Waals surface area contributed by atoms with Crippen LogP contribution in [0, 0.1) is 0 Å². The number of hydrogen-bond acceptors (Lipinski definition) is 5. The smallest absolute Gasteiger partial charge is 0.336 e. The molecular formula is C12H19NO4S3. The molecule has 1 aromatic heterocycles. The zero-order valence-electron chi connectivity index (χ0n) is 11.7. The fourth-order valence-corrected chi connectivity index (χ4v) is 4.94. The van der Waals surface area contributed by atoms with Crippen molar-refractivity contribution in [3.63, 3.8) is 0 Å². The van der Waals surface area contributed by atoms with Gasteiger partial charge in [0.05, 0.1) is 5.56 Å². The minimum absolute atomic E-state index is 0.00233. The van der Waals surface area contributed by atoms with Crippen LogP contribution >= 0.6 is 23.1 Å². The monoisotopic (exact) mass is 337 g/mol. The molecule has 0 amide bonds. The Balaban J connectivity index is 2.87. The maximum Gasteiger partial charge on any atom is 0.336 e. The maximum absolute atomic E-state index is 12.2. The molecular weight excluding hydrogens is 318 g/mol.